The Labute approximate surface area is 80.4 Å². The van der Waals surface area contributed by atoms with Gasteiger partial charge >= 0.3 is 0 Å². The highest BCUT2D eigenvalue weighted by atomic mass is 32.1. The van der Waals surface area contributed by atoms with Crippen LogP contribution in [0.2, 0.25) is 0 Å². The van der Waals surface area contributed by atoms with E-state index in [2.05, 4.69) is 4.98 Å². The molecular weight excluding hydrogens is 186 g/mol. The van der Waals surface area contributed by atoms with Gasteiger partial charge < -0.3 is 4.90 Å². The van der Waals surface area contributed by atoms with Gasteiger partial charge in [0.2, 0.25) is 0 Å². The van der Waals surface area contributed by atoms with Gasteiger partial charge in [-0.25, -0.2) is 0 Å². The molecule has 5 heteroatoms. The third-order valence-corrected chi connectivity index (χ3v) is 2.49. The number of hydrogen-bond acceptors (Lipinski definition) is 4. The summed E-state index contributed by atoms with van der Waals surface area (Å²) in [5.41, 5.74) is 1.60. The normalized spacial score (nSPS) is 11.8. The van der Waals surface area contributed by atoms with Crippen LogP contribution >= 0.6 is 11.3 Å². The molecule has 0 saturated carbocycles. The molecule has 0 fully saturated rings. The Hall–Kier alpha value is -1.41. The first-order valence-corrected chi connectivity index (χ1v) is 4.60. The van der Waals surface area contributed by atoms with Gasteiger partial charge in [-0.1, -0.05) is 0 Å². The van der Waals surface area contributed by atoms with Crippen molar-refractivity contribution in [3.05, 3.63) is 16.6 Å². The molecule has 1 atom stereocenters. The van der Waals surface area contributed by atoms with Crippen molar-refractivity contribution in [3.63, 3.8) is 0 Å². The Morgan fingerprint density at radius 3 is 3.00 bits per heavy atom. The van der Waals surface area contributed by atoms with E-state index in [1.165, 1.54) is 22.4 Å². The monoisotopic (exact) mass is 195 g/mol. The van der Waals surface area contributed by atoms with Crippen LogP contribution in [0.4, 0.5) is 0 Å². The molecule has 0 aliphatic heterocycles. The summed E-state index contributed by atoms with van der Waals surface area (Å²) in [5, 5.41) is 8.60. The predicted molar refractivity (Wildman–Crippen MR) is 49.3 cm³/mol. The molecular formula is C8H9N3OS. The van der Waals surface area contributed by atoms with Crippen LogP contribution in [-0.2, 0) is 0 Å². The Bertz CT molecular complexity index is 328. The number of rotatable bonds is 2. The van der Waals surface area contributed by atoms with Gasteiger partial charge in [0, 0.05) is 7.05 Å². The maximum Gasteiger partial charge on any atom is 0.266 e. The van der Waals surface area contributed by atoms with Crippen molar-refractivity contribution in [1.82, 2.24) is 9.88 Å². The summed E-state index contributed by atoms with van der Waals surface area (Å²) in [6, 6.07) is 1.59. The lowest BCUT2D eigenvalue weighted by molar-refractivity contribution is 0.0777. The van der Waals surface area contributed by atoms with Crippen molar-refractivity contribution in [2.45, 2.75) is 13.0 Å². The van der Waals surface area contributed by atoms with Gasteiger partial charge in [-0.05, 0) is 6.92 Å². The first kappa shape index (κ1) is 9.68. The Morgan fingerprint density at radius 2 is 2.54 bits per heavy atom. The third-order valence-electron chi connectivity index (χ3n) is 1.73. The molecule has 1 aromatic rings. The number of hydrogen-bond donors (Lipinski definition) is 0. The van der Waals surface area contributed by atoms with Gasteiger partial charge in [-0.15, -0.1) is 11.3 Å². The van der Waals surface area contributed by atoms with Gasteiger partial charge in [-0.3, -0.25) is 9.78 Å². The fourth-order valence-corrected chi connectivity index (χ4v) is 1.36. The molecule has 1 unspecified atom stereocenters. The molecule has 13 heavy (non-hydrogen) atoms. The van der Waals surface area contributed by atoms with Crippen LogP contribution in [-0.4, -0.2) is 28.9 Å². The highest BCUT2D eigenvalue weighted by Crippen LogP contribution is 2.10. The fourth-order valence-electron chi connectivity index (χ4n) is 0.758. The molecule has 1 rings (SSSR count). The first-order chi connectivity index (χ1) is 6.16. The summed E-state index contributed by atoms with van der Waals surface area (Å²) in [6.07, 6.45) is 1.51. The molecule has 0 bridgehead atoms. The quantitative estimate of drug-likeness (QED) is 0.710. The number of aromatic nitrogens is 1. The van der Waals surface area contributed by atoms with Crippen LogP contribution in [0.3, 0.4) is 0 Å². The summed E-state index contributed by atoms with van der Waals surface area (Å²) < 4.78 is 0. The Kier molecular flexibility index (Phi) is 2.98. The van der Waals surface area contributed by atoms with E-state index in [1.807, 2.05) is 6.07 Å². The molecule has 0 aliphatic carbocycles. The number of nitriles is 1. The Balaban J connectivity index is 2.75. The molecule has 0 radical (unpaired) electrons. The van der Waals surface area contributed by atoms with E-state index in [-0.39, 0.29) is 5.91 Å². The van der Waals surface area contributed by atoms with E-state index in [0.717, 1.165) is 0 Å². The molecule has 0 spiro atoms. The zero-order valence-electron chi connectivity index (χ0n) is 7.39. The lowest BCUT2D eigenvalue weighted by Gasteiger charge is -2.17. The van der Waals surface area contributed by atoms with E-state index < -0.39 is 6.04 Å². The van der Waals surface area contributed by atoms with Crippen LogP contribution in [0.25, 0.3) is 0 Å². The lowest BCUT2D eigenvalue weighted by atomic mass is 10.3. The summed E-state index contributed by atoms with van der Waals surface area (Å²) >= 11 is 1.28. The van der Waals surface area contributed by atoms with Gasteiger partial charge in [0.05, 0.1) is 17.8 Å². The Morgan fingerprint density at radius 1 is 1.85 bits per heavy atom. The van der Waals surface area contributed by atoms with Crippen molar-refractivity contribution < 1.29 is 4.79 Å². The van der Waals surface area contributed by atoms with Crippen molar-refractivity contribution in [3.8, 4) is 6.07 Å². The van der Waals surface area contributed by atoms with Crippen LogP contribution < -0.4 is 0 Å². The number of carbonyl (C=O) groups excluding carboxylic acids is 1. The number of carbonyl (C=O) groups is 1. The number of nitrogens with zero attached hydrogens (tertiary/aromatic N) is 3. The van der Waals surface area contributed by atoms with Crippen LogP contribution in [0, 0.1) is 11.3 Å². The smallest absolute Gasteiger partial charge is 0.266 e. The van der Waals surface area contributed by atoms with Gasteiger partial charge in [0.15, 0.2) is 0 Å². The van der Waals surface area contributed by atoms with Crippen molar-refractivity contribution >= 4 is 17.2 Å². The van der Waals surface area contributed by atoms with Gasteiger partial charge in [0.25, 0.3) is 5.91 Å². The lowest BCUT2D eigenvalue weighted by Crippen LogP contribution is -2.33. The second-order valence-electron chi connectivity index (χ2n) is 2.59. The maximum absolute atomic E-state index is 11.6. The van der Waals surface area contributed by atoms with E-state index in [4.69, 9.17) is 5.26 Å². The van der Waals surface area contributed by atoms with E-state index in [9.17, 15) is 4.79 Å². The molecule has 0 N–H and O–H groups in total. The zero-order valence-corrected chi connectivity index (χ0v) is 8.21. The topological polar surface area (TPSA) is 57.0 Å². The second kappa shape index (κ2) is 4.01. The minimum absolute atomic E-state index is 0.156. The highest BCUT2D eigenvalue weighted by molar-refractivity contribution is 7.11. The summed E-state index contributed by atoms with van der Waals surface area (Å²) in [4.78, 5) is 17.3. The molecule has 68 valence electrons. The molecule has 0 aromatic carbocycles. The van der Waals surface area contributed by atoms with Crippen molar-refractivity contribution in [1.29, 1.82) is 5.26 Å². The van der Waals surface area contributed by atoms with E-state index in [0.29, 0.717) is 4.88 Å². The summed E-state index contributed by atoms with van der Waals surface area (Å²) in [5.74, 6) is -0.156. The van der Waals surface area contributed by atoms with Crippen molar-refractivity contribution in [2.24, 2.45) is 0 Å². The minimum atomic E-state index is -0.408. The van der Waals surface area contributed by atoms with Crippen LogP contribution in [0.15, 0.2) is 11.7 Å². The molecule has 0 saturated heterocycles. The second-order valence-corrected chi connectivity index (χ2v) is 3.47. The largest absolute Gasteiger partial charge is 0.325 e. The van der Waals surface area contributed by atoms with Gasteiger partial charge in [0.1, 0.15) is 10.9 Å². The third kappa shape index (κ3) is 2.04. The standard InChI is InChI=1S/C8H9N3OS/c1-6(3-9)11(2)8(12)7-4-10-5-13-7/h4-6H,1-2H3. The highest BCUT2D eigenvalue weighted by Gasteiger charge is 2.17. The van der Waals surface area contributed by atoms with Crippen LogP contribution in [0.5, 0.6) is 0 Å². The molecule has 1 aromatic heterocycles. The van der Waals surface area contributed by atoms with E-state index >= 15 is 0 Å². The SMILES string of the molecule is CC(C#N)N(C)C(=O)c1cncs1. The molecule has 1 heterocycles. The van der Waals surface area contributed by atoms with Crippen molar-refractivity contribution in [2.75, 3.05) is 7.05 Å². The average molecular weight is 195 g/mol. The first-order valence-electron chi connectivity index (χ1n) is 3.72. The zero-order chi connectivity index (χ0) is 9.84. The predicted octanol–water partition coefficient (Wildman–Crippen LogP) is 1.13. The molecule has 1 amide bonds. The summed E-state index contributed by atoms with van der Waals surface area (Å²) in [6.45, 7) is 1.68. The molecule has 4 nitrogen and oxygen atoms in total. The van der Waals surface area contributed by atoms with E-state index in [1.54, 1.807) is 19.5 Å². The number of amides is 1. The molecule has 0 aliphatic rings. The summed E-state index contributed by atoms with van der Waals surface area (Å²) in [7, 11) is 1.61. The fraction of sp³-hybridized carbons (Fsp3) is 0.375. The van der Waals surface area contributed by atoms with Gasteiger partial charge in [-0.2, -0.15) is 5.26 Å². The van der Waals surface area contributed by atoms with Crippen LogP contribution in [0.1, 0.15) is 16.6 Å². The average Bonchev–Trinajstić information content (AvgIpc) is 2.67. The maximum atomic E-state index is 11.6. The minimum Gasteiger partial charge on any atom is -0.325 e. The number of thiazole rings is 1.